The summed E-state index contributed by atoms with van der Waals surface area (Å²) in [5, 5.41) is 16.4. The minimum absolute atomic E-state index is 0.0369. The molecular weight excluding hydrogens is 264 g/mol. The molecule has 0 aromatic heterocycles. The van der Waals surface area contributed by atoms with E-state index in [0.717, 1.165) is 6.42 Å². The van der Waals surface area contributed by atoms with Crippen molar-refractivity contribution in [3.05, 3.63) is 39.9 Å². The van der Waals surface area contributed by atoms with Crippen LogP contribution in [0.2, 0.25) is 0 Å². The second kappa shape index (κ2) is 7.62. The summed E-state index contributed by atoms with van der Waals surface area (Å²) in [7, 11) is 0. The van der Waals surface area contributed by atoms with Gasteiger partial charge in [-0.25, -0.2) is 5.43 Å². The van der Waals surface area contributed by atoms with Gasteiger partial charge >= 0.3 is 11.8 Å². The molecule has 2 amide bonds. The lowest BCUT2D eigenvalue weighted by molar-refractivity contribution is -0.384. The molecule has 1 aromatic carbocycles. The van der Waals surface area contributed by atoms with Crippen molar-refractivity contribution in [2.24, 2.45) is 5.10 Å². The smallest absolute Gasteiger partial charge is 0.329 e. The number of carbonyl (C=O) groups excluding carboxylic acids is 2. The van der Waals surface area contributed by atoms with Gasteiger partial charge in [-0.3, -0.25) is 19.7 Å². The first-order valence-electron chi connectivity index (χ1n) is 5.90. The number of benzene rings is 1. The molecule has 0 atom stereocenters. The Kier molecular flexibility index (Phi) is 5.82. The van der Waals surface area contributed by atoms with Crippen molar-refractivity contribution >= 4 is 23.7 Å². The SMILES string of the molecule is CCCNC(=O)C(=O)N/N=C\c1ccc([N+](=O)[O-])cc1. The van der Waals surface area contributed by atoms with Crippen molar-refractivity contribution in [3.63, 3.8) is 0 Å². The largest absolute Gasteiger partial charge is 0.348 e. The van der Waals surface area contributed by atoms with Crippen LogP contribution >= 0.6 is 0 Å². The lowest BCUT2D eigenvalue weighted by atomic mass is 10.2. The van der Waals surface area contributed by atoms with Crippen LogP contribution in [0.3, 0.4) is 0 Å². The predicted octanol–water partition coefficient (Wildman–Crippen LogP) is 0.571. The number of nitro benzene ring substituents is 1. The first kappa shape index (κ1) is 15.3. The van der Waals surface area contributed by atoms with Gasteiger partial charge < -0.3 is 5.32 Å². The molecule has 0 spiro atoms. The number of nitro groups is 1. The molecule has 0 radical (unpaired) electrons. The summed E-state index contributed by atoms with van der Waals surface area (Å²) in [6, 6.07) is 5.59. The van der Waals surface area contributed by atoms with Crippen LogP contribution in [0.4, 0.5) is 5.69 Å². The molecule has 0 unspecified atom stereocenters. The Balaban J connectivity index is 2.50. The second-order valence-electron chi connectivity index (χ2n) is 3.80. The quantitative estimate of drug-likeness (QED) is 0.354. The van der Waals surface area contributed by atoms with Crippen molar-refractivity contribution in [2.75, 3.05) is 6.54 Å². The third kappa shape index (κ3) is 4.84. The molecule has 0 saturated carbocycles. The third-order valence-electron chi connectivity index (χ3n) is 2.23. The Bertz CT molecular complexity index is 525. The number of nitrogens with zero attached hydrogens (tertiary/aromatic N) is 2. The summed E-state index contributed by atoms with van der Waals surface area (Å²) in [6.07, 6.45) is 2.01. The Hall–Kier alpha value is -2.77. The van der Waals surface area contributed by atoms with Crippen molar-refractivity contribution < 1.29 is 14.5 Å². The number of hydrogen-bond donors (Lipinski definition) is 2. The summed E-state index contributed by atoms with van der Waals surface area (Å²) in [5.74, 6) is -1.62. The zero-order valence-electron chi connectivity index (χ0n) is 10.8. The topological polar surface area (TPSA) is 114 Å². The lowest BCUT2D eigenvalue weighted by Crippen LogP contribution is -2.38. The van der Waals surface area contributed by atoms with Crippen LogP contribution in [0, 0.1) is 10.1 Å². The van der Waals surface area contributed by atoms with Gasteiger partial charge in [-0.1, -0.05) is 6.92 Å². The molecule has 0 aliphatic carbocycles. The highest BCUT2D eigenvalue weighted by molar-refractivity contribution is 6.35. The minimum Gasteiger partial charge on any atom is -0.348 e. The van der Waals surface area contributed by atoms with E-state index >= 15 is 0 Å². The molecule has 0 heterocycles. The second-order valence-corrected chi connectivity index (χ2v) is 3.80. The Morgan fingerprint density at radius 3 is 2.50 bits per heavy atom. The molecular formula is C12H14N4O4. The van der Waals surface area contributed by atoms with Gasteiger partial charge in [-0.05, 0) is 24.1 Å². The number of hydrogen-bond acceptors (Lipinski definition) is 5. The van der Waals surface area contributed by atoms with E-state index in [1.165, 1.54) is 30.5 Å². The van der Waals surface area contributed by atoms with E-state index in [2.05, 4.69) is 15.8 Å². The van der Waals surface area contributed by atoms with Crippen molar-refractivity contribution in [3.8, 4) is 0 Å². The average molecular weight is 278 g/mol. The van der Waals surface area contributed by atoms with E-state index in [1.807, 2.05) is 6.92 Å². The highest BCUT2D eigenvalue weighted by Gasteiger charge is 2.10. The van der Waals surface area contributed by atoms with Crippen LogP contribution in [0.25, 0.3) is 0 Å². The fourth-order valence-corrected chi connectivity index (χ4v) is 1.22. The molecule has 1 aromatic rings. The van der Waals surface area contributed by atoms with Crippen LogP contribution in [0.1, 0.15) is 18.9 Å². The molecule has 2 N–H and O–H groups in total. The maximum absolute atomic E-state index is 11.3. The van der Waals surface area contributed by atoms with E-state index in [-0.39, 0.29) is 5.69 Å². The number of hydrazone groups is 1. The monoisotopic (exact) mass is 278 g/mol. The maximum atomic E-state index is 11.3. The molecule has 0 aliphatic rings. The predicted molar refractivity (Wildman–Crippen MR) is 72.1 cm³/mol. The number of amides is 2. The minimum atomic E-state index is -0.864. The van der Waals surface area contributed by atoms with Crippen molar-refractivity contribution in [1.82, 2.24) is 10.7 Å². The number of carbonyl (C=O) groups is 2. The molecule has 1 rings (SSSR count). The fourth-order valence-electron chi connectivity index (χ4n) is 1.22. The highest BCUT2D eigenvalue weighted by atomic mass is 16.6. The van der Waals surface area contributed by atoms with Crippen LogP contribution in [-0.4, -0.2) is 29.5 Å². The van der Waals surface area contributed by atoms with Crippen LogP contribution in [0.5, 0.6) is 0 Å². The van der Waals surface area contributed by atoms with Crippen LogP contribution < -0.4 is 10.7 Å². The Morgan fingerprint density at radius 2 is 1.95 bits per heavy atom. The molecule has 0 bridgehead atoms. The molecule has 20 heavy (non-hydrogen) atoms. The van der Waals surface area contributed by atoms with Gasteiger partial charge in [0.25, 0.3) is 5.69 Å². The molecule has 0 aliphatic heterocycles. The van der Waals surface area contributed by atoms with Gasteiger partial charge in [0.1, 0.15) is 0 Å². The molecule has 0 saturated heterocycles. The molecule has 0 fully saturated rings. The zero-order chi connectivity index (χ0) is 15.0. The molecule has 8 nitrogen and oxygen atoms in total. The van der Waals surface area contributed by atoms with Crippen molar-refractivity contribution in [2.45, 2.75) is 13.3 Å². The number of nitrogens with one attached hydrogen (secondary N) is 2. The zero-order valence-corrected chi connectivity index (χ0v) is 10.8. The van der Waals surface area contributed by atoms with Crippen molar-refractivity contribution in [1.29, 1.82) is 0 Å². The molecule has 106 valence electrons. The lowest BCUT2D eigenvalue weighted by Gasteiger charge is -2.00. The van der Waals surface area contributed by atoms with E-state index in [0.29, 0.717) is 12.1 Å². The average Bonchev–Trinajstić information content (AvgIpc) is 2.45. The standard InChI is InChI=1S/C12H14N4O4/c1-2-7-13-11(17)12(18)15-14-8-9-3-5-10(6-4-9)16(19)20/h3-6,8H,2,7H2,1H3,(H,13,17)(H,15,18)/b14-8-. The Morgan fingerprint density at radius 1 is 1.30 bits per heavy atom. The summed E-state index contributed by atoms with van der Waals surface area (Å²) in [5.41, 5.74) is 2.58. The van der Waals surface area contributed by atoms with Crippen LogP contribution in [0.15, 0.2) is 29.4 Å². The summed E-state index contributed by atoms with van der Waals surface area (Å²) >= 11 is 0. The normalized spacial score (nSPS) is 10.2. The summed E-state index contributed by atoms with van der Waals surface area (Å²) < 4.78 is 0. The number of rotatable bonds is 5. The van der Waals surface area contributed by atoms with E-state index < -0.39 is 16.7 Å². The maximum Gasteiger partial charge on any atom is 0.329 e. The van der Waals surface area contributed by atoms with E-state index in [9.17, 15) is 19.7 Å². The van der Waals surface area contributed by atoms with Gasteiger partial charge in [-0.2, -0.15) is 5.10 Å². The first-order valence-corrected chi connectivity index (χ1v) is 5.90. The van der Waals surface area contributed by atoms with Crippen LogP contribution in [-0.2, 0) is 9.59 Å². The van der Waals surface area contributed by atoms with Gasteiger partial charge in [0, 0.05) is 18.7 Å². The number of non-ortho nitro benzene ring substituents is 1. The third-order valence-corrected chi connectivity index (χ3v) is 2.23. The van der Waals surface area contributed by atoms with Gasteiger partial charge in [0.2, 0.25) is 0 Å². The summed E-state index contributed by atoms with van der Waals surface area (Å²) in [6.45, 7) is 2.28. The summed E-state index contributed by atoms with van der Waals surface area (Å²) in [4.78, 5) is 32.4. The first-order chi connectivity index (χ1) is 9.54. The highest BCUT2D eigenvalue weighted by Crippen LogP contribution is 2.10. The van der Waals surface area contributed by atoms with Gasteiger partial charge in [-0.15, -0.1) is 0 Å². The van der Waals surface area contributed by atoms with E-state index in [1.54, 1.807) is 0 Å². The molecule has 8 heteroatoms. The Labute approximate surface area is 115 Å². The fraction of sp³-hybridized carbons (Fsp3) is 0.250. The van der Waals surface area contributed by atoms with Gasteiger partial charge in [0.15, 0.2) is 0 Å². The van der Waals surface area contributed by atoms with E-state index in [4.69, 9.17) is 0 Å². The van der Waals surface area contributed by atoms with Gasteiger partial charge in [0.05, 0.1) is 11.1 Å².